The molecule has 0 saturated carbocycles. The van der Waals surface area contributed by atoms with Crippen LogP contribution in [0.2, 0.25) is 0 Å². The summed E-state index contributed by atoms with van der Waals surface area (Å²) in [5, 5.41) is 12.0. The molecule has 0 radical (unpaired) electrons. The minimum atomic E-state index is -0.362. The number of unbranched alkanes of at least 4 members (excludes halogenated alkanes) is 2. The van der Waals surface area contributed by atoms with Crippen molar-refractivity contribution in [2.45, 2.75) is 52.7 Å². The molecule has 0 heterocycles. The van der Waals surface area contributed by atoms with Gasteiger partial charge in [-0.2, -0.15) is 0 Å². The SMILES string of the molecule is CCCCCC(C)CNC(C)O. The van der Waals surface area contributed by atoms with Crippen molar-refractivity contribution in [3.63, 3.8) is 0 Å². The lowest BCUT2D eigenvalue weighted by Gasteiger charge is -2.13. The second-order valence-corrected chi connectivity index (χ2v) is 3.69. The Morgan fingerprint density at radius 2 is 1.92 bits per heavy atom. The van der Waals surface area contributed by atoms with Crippen molar-refractivity contribution >= 4 is 0 Å². The lowest BCUT2D eigenvalue weighted by molar-refractivity contribution is 0.150. The Bertz CT molecular complexity index is 93.8. The number of rotatable bonds is 7. The molecule has 0 aromatic rings. The number of aliphatic hydroxyl groups is 1. The number of nitrogens with one attached hydrogen (secondary N) is 1. The quantitative estimate of drug-likeness (QED) is 0.456. The molecule has 0 fully saturated rings. The summed E-state index contributed by atoms with van der Waals surface area (Å²) in [5.74, 6) is 0.686. The van der Waals surface area contributed by atoms with Crippen molar-refractivity contribution in [2.24, 2.45) is 5.92 Å². The molecule has 74 valence electrons. The fraction of sp³-hybridized carbons (Fsp3) is 1.00. The fourth-order valence-corrected chi connectivity index (χ4v) is 1.22. The van der Waals surface area contributed by atoms with Crippen molar-refractivity contribution in [2.75, 3.05) is 6.54 Å². The summed E-state index contributed by atoms with van der Waals surface area (Å²) in [6, 6.07) is 0. The minimum absolute atomic E-state index is 0.362. The van der Waals surface area contributed by atoms with Crippen molar-refractivity contribution in [3.05, 3.63) is 0 Å². The molecule has 0 aromatic heterocycles. The predicted octanol–water partition coefficient (Wildman–Crippen LogP) is 2.13. The van der Waals surface area contributed by atoms with Gasteiger partial charge in [-0.25, -0.2) is 0 Å². The summed E-state index contributed by atoms with van der Waals surface area (Å²) in [4.78, 5) is 0. The van der Waals surface area contributed by atoms with Gasteiger partial charge in [0.05, 0.1) is 0 Å². The van der Waals surface area contributed by atoms with E-state index in [1.54, 1.807) is 6.92 Å². The van der Waals surface area contributed by atoms with E-state index < -0.39 is 0 Å². The first-order chi connectivity index (χ1) is 5.66. The highest BCUT2D eigenvalue weighted by molar-refractivity contribution is 4.57. The smallest absolute Gasteiger partial charge is 0.102 e. The Balaban J connectivity index is 3.15. The Hall–Kier alpha value is -0.0800. The van der Waals surface area contributed by atoms with Crippen LogP contribution in [0.1, 0.15) is 46.5 Å². The van der Waals surface area contributed by atoms with E-state index in [1.165, 1.54) is 25.7 Å². The predicted molar refractivity (Wildman–Crippen MR) is 53.0 cm³/mol. The molecule has 2 atom stereocenters. The zero-order valence-electron chi connectivity index (χ0n) is 8.64. The minimum Gasteiger partial charge on any atom is -0.379 e. The Kier molecular flexibility index (Phi) is 7.51. The van der Waals surface area contributed by atoms with Crippen LogP contribution in [-0.2, 0) is 0 Å². The summed E-state index contributed by atoms with van der Waals surface area (Å²) in [6.45, 7) is 7.14. The first kappa shape index (κ1) is 11.9. The highest BCUT2D eigenvalue weighted by Crippen LogP contribution is 2.07. The van der Waals surface area contributed by atoms with Gasteiger partial charge in [0.25, 0.3) is 0 Å². The maximum absolute atomic E-state index is 8.96. The van der Waals surface area contributed by atoms with E-state index >= 15 is 0 Å². The van der Waals surface area contributed by atoms with E-state index in [-0.39, 0.29) is 6.23 Å². The van der Waals surface area contributed by atoms with Crippen LogP contribution in [0.4, 0.5) is 0 Å². The van der Waals surface area contributed by atoms with Crippen LogP contribution in [0.15, 0.2) is 0 Å². The summed E-state index contributed by atoms with van der Waals surface area (Å²) in [5.41, 5.74) is 0. The highest BCUT2D eigenvalue weighted by Gasteiger charge is 2.02. The van der Waals surface area contributed by atoms with Gasteiger partial charge in [-0.1, -0.05) is 33.1 Å². The maximum atomic E-state index is 8.96. The van der Waals surface area contributed by atoms with Crippen LogP contribution in [0.3, 0.4) is 0 Å². The van der Waals surface area contributed by atoms with E-state index in [9.17, 15) is 0 Å². The third kappa shape index (κ3) is 8.02. The van der Waals surface area contributed by atoms with Crippen LogP contribution in [-0.4, -0.2) is 17.9 Å². The first-order valence-electron chi connectivity index (χ1n) is 5.08. The molecule has 0 aliphatic heterocycles. The lowest BCUT2D eigenvalue weighted by atomic mass is 10.0. The first-order valence-corrected chi connectivity index (χ1v) is 5.08. The second kappa shape index (κ2) is 7.56. The molecule has 0 aromatic carbocycles. The van der Waals surface area contributed by atoms with Crippen LogP contribution < -0.4 is 5.32 Å². The Labute approximate surface area is 76.4 Å². The molecule has 2 nitrogen and oxygen atoms in total. The zero-order valence-corrected chi connectivity index (χ0v) is 8.64. The average Bonchev–Trinajstić information content (AvgIpc) is 2.01. The normalized spacial score (nSPS) is 16.0. The monoisotopic (exact) mass is 173 g/mol. The van der Waals surface area contributed by atoms with Gasteiger partial charge in [0.2, 0.25) is 0 Å². The van der Waals surface area contributed by atoms with Gasteiger partial charge in [0, 0.05) is 6.54 Å². The van der Waals surface area contributed by atoms with Gasteiger partial charge in [0.15, 0.2) is 0 Å². The average molecular weight is 173 g/mol. The molecular weight excluding hydrogens is 150 g/mol. The number of aliphatic hydroxyl groups excluding tert-OH is 1. The number of hydrogen-bond donors (Lipinski definition) is 2. The van der Waals surface area contributed by atoms with E-state index in [0.717, 1.165) is 6.54 Å². The molecule has 2 heteroatoms. The molecular formula is C10H23NO. The van der Waals surface area contributed by atoms with Crippen molar-refractivity contribution in [3.8, 4) is 0 Å². The van der Waals surface area contributed by atoms with Crippen LogP contribution in [0.25, 0.3) is 0 Å². The molecule has 0 saturated heterocycles. The van der Waals surface area contributed by atoms with Crippen molar-refractivity contribution in [1.29, 1.82) is 0 Å². The van der Waals surface area contributed by atoms with Gasteiger partial charge >= 0.3 is 0 Å². The molecule has 0 aliphatic rings. The highest BCUT2D eigenvalue weighted by atomic mass is 16.3. The molecule has 0 rings (SSSR count). The fourth-order valence-electron chi connectivity index (χ4n) is 1.22. The molecule has 2 N–H and O–H groups in total. The molecule has 2 unspecified atom stereocenters. The van der Waals surface area contributed by atoms with Crippen molar-refractivity contribution < 1.29 is 5.11 Å². The summed E-state index contributed by atoms with van der Waals surface area (Å²) < 4.78 is 0. The molecule has 0 amide bonds. The van der Waals surface area contributed by atoms with Crippen LogP contribution in [0.5, 0.6) is 0 Å². The topological polar surface area (TPSA) is 32.3 Å². The van der Waals surface area contributed by atoms with Gasteiger partial charge in [-0.3, -0.25) is 5.32 Å². The van der Waals surface area contributed by atoms with E-state index in [0.29, 0.717) is 5.92 Å². The van der Waals surface area contributed by atoms with E-state index in [4.69, 9.17) is 5.11 Å². The molecule has 0 spiro atoms. The van der Waals surface area contributed by atoms with E-state index in [2.05, 4.69) is 19.2 Å². The maximum Gasteiger partial charge on any atom is 0.102 e. The third-order valence-electron chi connectivity index (χ3n) is 2.06. The summed E-state index contributed by atoms with van der Waals surface area (Å²) >= 11 is 0. The Morgan fingerprint density at radius 1 is 1.25 bits per heavy atom. The van der Waals surface area contributed by atoms with Crippen LogP contribution >= 0.6 is 0 Å². The van der Waals surface area contributed by atoms with Crippen molar-refractivity contribution in [1.82, 2.24) is 5.32 Å². The van der Waals surface area contributed by atoms with E-state index in [1.807, 2.05) is 0 Å². The molecule has 12 heavy (non-hydrogen) atoms. The standard InChI is InChI=1S/C10H23NO/c1-4-5-6-7-9(2)8-11-10(3)12/h9-12H,4-8H2,1-3H3. The van der Waals surface area contributed by atoms with Gasteiger partial charge in [-0.15, -0.1) is 0 Å². The summed E-state index contributed by atoms with van der Waals surface area (Å²) in [7, 11) is 0. The summed E-state index contributed by atoms with van der Waals surface area (Å²) in [6.07, 6.45) is 4.85. The molecule has 0 bridgehead atoms. The lowest BCUT2D eigenvalue weighted by Crippen LogP contribution is -2.29. The van der Waals surface area contributed by atoms with Gasteiger partial charge in [0.1, 0.15) is 6.23 Å². The largest absolute Gasteiger partial charge is 0.379 e. The third-order valence-corrected chi connectivity index (χ3v) is 2.06. The van der Waals surface area contributed by atoms with Gasteiger partial charge < -0.3 is 5.11 Å². The second-order valence-electron chi connectivity index (χ2n) is 3.69. The zero-order chi connectivity index (χ0) is 9.40. The molecule has 0 aliphatic carbocycles. The Morgan fingerprint density at radius 3 is 2.42 bits per heavy atom. The number of hydrogen-bond acceptors (Lipinski definition) is 2. The van der Waals surface area contributed by atoms with Gasteiger partial charge in [-0.05, 0) is 19.3 Å². The van der Waals surface area contributed by atoms with Crippen LogP contribution in [0, 0.1) is 5.92 Å².